The summed E-state index contributed by atoms with van der Waals surface area (Å²) in [5, 5.41) is 7.96. The maximum atomic E-state index is 12.5. The van der Waals surface area contributed by atoms with E-state index in [0.717, 1.165) is 16.4 Å². The molecule has 0 aliphatic carbocycles. The van der Waals surface area contributed by atoms with Crippen molar-refractivity contribution in [2.24, 2.45) is 0 Å². The first kappa shape index (κ1) is 16.1. The number of rotatable bonds is 5. The molecule has 124 valence electrons. The molecule has 0 saturated heterocycles. The summed E-state index contributed by atoms with van der Waals surface area (Å²) in [5.74, 6) is 0.575. The van der Waals surface area contributed by atoms with E-state index in [2.05, 4.69) is 20.4 Å². The van der Waals surface area contributed by atoms with Crippen LogP contribution in [-0.2, 0) is 6.54 Å². The Bertz CT molecular complexity index is 840. The molecule has 0 unspecified atom stereocenters. The van der Waals surface area contributed by atoms with E-state index in [9.17, 15) is 4.79 Å². The zero-order valence-corrected chi connectivity index (χ0v) is 14.5. The highest BCUT2D eigenvalue weighted by Gasteiger charge is 2.16. The van der Waals surface area contributed by atoms with Gasteiger partial charge < -0.3 is 10.2 Å². The van der Waals surface area contributed by atoms with Crippen molar-refractivity contribution in [2.45, 2.75) is 13.5 Å². The molecule has 0 fully saturated rings. The highest BCUT2D eigenvalue weighted by atomic mass is 32.1. The van der Waals surface area contributed by atoms with Crippen LogP contribution in [0.2, 0.25) is 0 Å². The van der Waals surface area contributed by atoms with Gasteiger partial charge >= 0.3 is 0 Å². The Morgan fingerprint density at radius 1 is 1.33 bits per heavy atom. The quantitative estimate of drug-likeness (QED) is 0.768. The van der Waals surface area contributed by atoms with Gasteiger partial charge in [-0.3, -0.25) is 4.79 Å². The van der Waals surface area contributed by atoms with Gasteiger partial charge in [0.2, 0.25) is 0 Å². The number of carbonyl (C=O) groups excluding carboxylic acids is 1. The zero-order valence-electron chi connectivity index (χ0n) is 13.7. The van der Waals surface area contributed by atoms with E-state index in [1.807, 2.05) is 50.3 Å². The number of pyridine rings is 1. The van der Waals surface area contributed by atoms with Crippen molar-refractivity contribution in [2.75, 3.05) is 19.0 Å². The maximum Gasteiger partial charge on any atom is 0.263 e. The van der Waals surface area contributed by atoms with E-state index in [1.54, 1.807) is 17.1 Å². The molecule has 3 rings (SSSR count). The number of nitrogens with one attached hydrogen (secondary N) is 1. The van der Waals surface area contributed by atoms with Crippen LogP contribution in [-0.4, -0.2) is 39.8 Å². The summed E-state index contributed by atoms with van der Waals surface area (Å²) in [6, 6.07) is 5.60. The third kappa shape index (κ3) is 3.28. The number of hydrogen-bond acceptors (Lipinski definition) is 6. The SMILES string of the molecule is Cc1nc(N(C)C)sc1C(=O)NCc1cccnc1-n1cccn1. The Kier molecular flexibility index (Phi) is 4.57. The molecule has 0 aromatic carbocycles. The van der Waals surface area contributed by atoms with E-state index < -0.39 is 0 Å². The fourth-order valence-corrected chi connectivity index (χ4v) is 3.11. The number of amides is 1. The lowest BCUT2D eigenvalue weighted by atomic mass is 10.2. The summed E-state index contributed by atoms with van der Waals surface area (Å²) in [6.07, 6.45) is 5.23. The van der Waals surface area contributed by atoms with Crippen molar-refractivity contribution in [1.82, 2.24) is 25.1 Å². The van der Waals surface area contributed by atoms with E-state index in [0.29, 0.717) is 17.2 Å². The second-order valence-corrected chi connectivity index (χ2v) is 6.40. The first-order valence-corrected chi connectivity index (χ1v) is 8.25. The lowest BCUT2D eigenvalue weighted by Crippen LogP contribution is -2.23. The van der Waals surface area contributed by atoms with Gasteiger partial charge in [-0.05, 0) is 19.1 Å². The van der Waals surface area contributed by atoms with Crippen LogP contribution in [0.25, 0.3) is 5.82 Å². The van der Waals surface area contributed by atoms with Crippen LogP contribution in [0.4, 0.5) is 5.13 Å². The van der Waals surface area contributed by atoms with Gasteiger partial charge in [0.05, 0.1) is 5.69 Å². The minimum atomic E-state index is -0.131. The Balaban J connectivity index is 1.76. The average Bonchev–Trinajstić information content (AvgIpc) is 3.22. The largest absolute Gasteiger partial charge is 0.354 e. The van der Waals surface area contributed by atoms with Crippen molar-refractivity contribution in [3.63, 3.8) is 0 Å². The van der Waals surface area contributed by atoms with Gasteiger partial charge in [-0.1, -0.05) is 17.4 Å². The normalized spacial score (nSPS) is 10.6. The van der Waals surface area contributed by atoms with Gasteiger partial charge in [-0.2, -0.15) is 5.10 Å². The van der Waals surface area contributed by atoms with Crippen molar-refractivity contribution < 1.29 is 4.79 Å². The van der Waals surface area contributed by atoms with Gasteiger partial charge in [0.1, 0.15) is 4.88 Å². The van der Waals surface area contributed by atoms with Crippen molar-refractivity contribution in [3.05, 3.63) is 52.9 Å². The highest BCUT2D eigenvalue weighted by Crippen LogP contribution is 2.24. The summed E-state index contributed by atoms with van der Waals surface area (Å²) in [7, 11) is 3.82. The van der Waals surface area contributed by atoms with Crippen LogP contribution in [0.3, 0.4) is 0 Å². The second kappa shape index (κ2) is 6.79. The number of thiazole rings is 1. The fourth-order valence-electron chi connectivity index (χ4n) is 2.21. The van der Waals surface area contributed by atoms with Gasteiger partial charge in [0, 0.05) is 44.8 Å². The van der Waals surface area contributed by atoms with E-state index in [4.69, 9.17) is 0 Å². The Morgan fingerprint density at radius 3 is 2.83 bits per heavy atom. The first-order valence-electron chi connectivity index (χ1n) is 7.43. The molecule has 3 heterocycles. The number of nitrogens with zero attached hydrogens (tertiary/aromatic N) is 5. The van der Waals surface area contributed by atoms with Crippen LogP contribution in [0.5, 0.6) is 0 Å². The van der Waals surface area contributed by atoms with Crippen LogP contribution in [0, 0.1) is 6.92 Å². The summed E-state index contributed by atoms with van der Waals surface area (Å²) in [4.78, 5) is 23.7. The monoisotopic (exact) mass is 342 g/mol. The van der Waals surface area contributed by atoms with Crippen LogP contribution < -0.4 is 10.2 Å². The molecule has 1 amide bonds. The lowest BCUT2D eigenvalue weighted by molar-refractivity contribution is 0.0954. The molecule has 0 saturated carbocycles. The van der Waals surface area contributed by atoms with Crippen LogP contribution in [0.15, 0.2) is 36.8 Å². The van der Waals surface area contributed by atoms with Crippen LogP contribution in [0.1, 0.15) is 20.9 Å². The van der Waals surface area contributed by atoms with E-state index in [-0.39, 0.29) is 5.91 Å². The molecule has 7 nitrogen and oxygen atoms in total. The van der Waals surface area contributed by atoms with E-state index in [1.165, 1.54) is 11.3 Å². The van der Waals surface area contributed by atoms with Gasteiger partial charge in [0.25, 0.3) is 5.91 Å². The molecule has 0 aliphatic heterocycles. The van der Waals surface area contributed by atoms with E-state index >= 15 is 0 Å². The summed E-state index contributed by atoms with van der Waals surface area (Å²) < 4.78 is 1.68. The number of aryl methyl sites for hydroxylation is 1. The summed E-state index contributed by atoms with van der Waals surface area (Å²) >= 11 is 1.38. The van der Waals surface area contributed by atoms with Crippen molar-refractivity contribution in [3.8, 4) is 5.82 Å². The van der Waals surface area contributed by atoms with Gasteiger partial charge in [0.15, 0.2) is 10.9 Å². The minimum absolute atomic E-state index is 0.131. The third-order valence-corrected chi connectivity index (χ3v) is 4.73. The van der Waals surface area contributed by atoms with Gasteiger partial charge in [-0.25, -0.2) is 14.6 Å². The topological polar surface area (TPSA) is 75.9 Å². The lowest BCUT2D eigenvalue weighted by Gasteiger charge is -2.09. The average molecular weight is 342 g/mol. The molecule has 3 aromatic heterocycles. The number of anilines is 1. The highest BCUT2D eigenvalue weighted by molar-refractivity contribution is 7.17. The Hall–Kier alpha value is -2.74. The zero-order chi connectivity index (χ0) is 17.1. The summed E-state index contributed by atoms with van der Waals surface area (Å²) in [6.45, 7) is 2.22. The minimum Gasteiger partial charge on any atom is -0.354 e. The van der Waals surface area contributed by atoms with Crippen LogP contribution >= 0.6 is 11.3 Å². The third-order valence-electron chi connectivity index (χ3n) is 3.40. The Labute approximate surface area is 144 Å². The second-order valence-electron chi connectivity index (χ2n) is 5.42. The molecular weight excluding hydrogens is 324 g/mol. The molecule has 0 radical (unpaired) electrons. The number of hydrogen-bond donors (Lipinski definition) is 1. The predicted octanol–water partition coefficient (Wildman–Crippen LogP) is 2.03. The van der Waals surface area contributed by atoms with Crippen molar-refractivity contribution >= 4 is 22.4 Å². The standard InChI is InChI=1S/C16H18N6OS/c1-11-13(24-16(20-11)21(2)3)15(23)18-10-12-6-4-7-17-14(12)22-9-5-8-19-22/h4-9H,10H2,1-3H3,(H,18,23). The molecule has 0 atom stereocenters. The number of aromatic nitrogens is 4. The smallest absolute Gasteiger partial charge is 0.263 e. The fraction of sp³-hybridized carbons (Fsp3) is 0.250. The maximum absolute atomic E-state index is 12.5. The Morgan fingerprint density at radius 2 is 2.17 bits per heavy atom. The van der Waals surface area contributed by atoms with Crippen molar-refractivity contribution in [1.29, 1.82) is 0 Å². The molecule has 24 heavy (non-hydrogen) atoms. The molecular formula is C16H18N6OS. The summed E-state index contributed by atoms with van der Waals surface area (Å²) in [5.41, 5.74) is 1.63. The molecule has 1 N–H and O–H groups in total. The molecule has 0 aliphatic rings. The molecule has 3 aromatic rings. The molecule has 8 heteroatoms. The first-order chi connectivity index (χ1) is 11.6. The number of carbonyl (C=O) groups is 1. The molecule has 0 bridgehead atoms. The van der Waals surface area contributed by atoms with Gasteiger partial charge in [-0.15, -0.1) is 0 Å². The predicted molar refractivity (Wildman–Crippen MR) is 93.7 cm³/mol. The molecule has 0 spiro atoms.